The minimum atomic E-state index is -3.24. The fraction of sp³-hybridized carbons (Fsp3) is 0. The molecular formula is C54H37N3Si. The van der Waals surface area contributed by atoms with Crippen LogP contribution in [0.25, 0.3) is 76.8 Å². The molecule has 4 heteroatoms. The molecule has 0 spiro atoms. The molecule has 0 aliphatic heterocycles. The van der Waals surface area contributed by atoms with Crippen molar-refractivity contribution in [1.29, 1.82) is 0 Å². The van der Waals surface area contributed by atoms with E-state index in [4.69, 9.17) is 0 Å². The standard InChI is InChI=1S/C54H37N3Si/c1-2-20-40(21-3-1)58(57-53-34-14-8-28-47(53)48-29-9-15-35-54(48)57,41-22-16-18-38(36-41)55-49-30-10-4-24-43(49)44-25-5-11-31-50(44)55)42-23-17-19-39(37-42)56-51-32-12-6-26-45(51)46-27-7-13-33-52(46)56/h1-37H. The van der Waals surface area contributed by atoms with Gasteiger partial charge in [-0.2, -0.15) is 0 Å². The molecule has 12 rings (SSSR count). The van der Waals surface area contributed by atoms with Crippen molar-refractivity contribution in [3.05, 3.63) is 224 Å². The van der Waals surface area contributed by atoms with Gasteiger partial charge in [0, 0.05) is 54.7 Å². The highest BCUT2D eigenvalue weighted by Crippen LogP contribution is 2.36. The Morgan fingerprint density at radius 1 is 0.241 bits per heavy atom. The monoisotopic (exact) mass is 755 g/mol. The number of aromatic nitrogens is 3. The number of fused-ring (bicyclic) bond motifs is 9. The van der Waals surface area contributed by atoms with E-state index in [-0.39, 0.29) is 0 Å². The molecule has 3 nitrogen and oxygen atoms in total. The zero-order valence-electron chi connectivity index (χ0n) is 31.7. The lowest BCUT2D eigenvalue weighted by Crippen LogP contribution is -2.72. The molecule has 0 unspecified atom stereocenters. The summed E-state index contributed by atoms with van der Waals surface area (Å²) in [5.41, 5.74) is 9.61. The van der Waals surface area contributed by atoms with E-state index in [1.807, 2.05) is 0 Å². The molecule has 9 aromatic carbocycles. The molecule has 0 bridgehead atoms. The summed E-state index contributed by atoms with van der Waals surface area (Å²) in [4.78, 5) is 0. The Kier molecular flexibility index (Phi) is 7.25. The SMILES string of the molecule is c1ccc([Si](c2cccc(-n3c4ccccc4c4ccccc43)c2)(c2cccc(-n3c4ccccc4c4ccccc43)c2)n2c3ccccc3c3ccccc32)cc1. The van der Waals surface area contributed by atoms with Crippen LogP contribution in [-0.4, -0.2) is 21.6 Å². The van der Waals surface area contributed by atoms with Gasteiger partial charge in [-0.3, -0.25) is 0 Å². The fourth-order valence-electron chi connectivity index (χ4n) is 9.99. The first-order chi connectivity index (χ1) is 28.8. The Labute approximate surface area is 337 Å². The van der Waals surface area contributed by atoms with Gasteiger partial charge in [-0.1, -0.05) is 164 Å². The molecule has 0 aliphatic carbocycles. The van der Waals surface area contributed by atoms with Gasteiger partial charge in [0.25, 0.3) is 8.24 Å². The van der Waals surface area contributed by atoms with E-state index in [1.165, 1.54) is 81.0 Å². The maximum Gasteiger partial charge on any atom is 0.257 e. The van der Waals surface area contributed by atoms with Crippen LogP contribution in [0.4, 0.5) is 0 Å². The summed E-state index contributed by atoms with van der Waals surface area (Å²) in [6, 6.07) is 83.5. The van der Waals surface area contributed by atoms with Crippen LogP contribution in [0.3, 0.4) is 0 Å². The lowest BCUT2D eigenvalue weighted by atomic mass is 10.2. The molecule has 12 aromatic rings. The van der Waals surface area contributed by atoms with E-state index >= 15 is 0 Å². The first-order valence-electron chi connectivity index (χ1n) is 20.0. The van der Waals surface area contributed by atoms with Crippen LogP contribution in [0.1, 0.15) is 0 Å². The van der Waals surface area contributed by atoms with Gasteiger partial charge >= 0.3 is 0 Å². The van der Waals surface area contributed by atoms with Crippen LogP contribution in [-0.2, 0) is 0 Å². The molecule has 0 radical (unpaired) electrons. The number of rotatable bonds is 6. The third kappa shape index (κ3) is 4.61. The normalized spacial score (nSPS) is 12.1. The zero-order chi connectivity index (χ0) is 38.2. The third-order valence-corrected chi connectivity index (χ3v) is 16.9. The Balaban J connectivity index is 1.24. The Morgan fingerprint density at radius 3 is 0.914 bits per heavy atom. The smallest absolute Gasteiger partial charge is 0.257 e. The largest absolute Gasteiger partial charge is 0.355 e. The average molecular weight is 756 g/mol. The Bertz CT molecular complexity index is 3220. The second kappa shape index (κ2) is 12.8. The number of hydrogen-bond donors (Lipinski definition) is 0. The molecular weight excluding hydrogens is 719 g/mol. The maximum absolute atomic E-state index is 3.24. The molecule has 272 valence electrons. The molecule has 0 saturated carbocycles. The van der Waals surface area contributed by atoms with Crippen LogP contribution < -0.4 is 15.6 Å². The third-order valence-electron chi connectivity index (χ3n) is 12.3. The van der Waals surface area contributed by atoms with Crippen LogP contribution in [0.5, 0.6) is 0 Å². The number of para-hydroxylation sites is 6. The van der Waals surface area contributed by atoms with Crippen molar-refractivity contribution < 1.29 is 0 Å². The molecule has 0 fully saturated rings. The topological polar surface area (TPSA) is 14.8 Å². The summed E-state index contributed by atoms with van der Waals surface area (Å²) >= 11 is 0. The minimum Gasteiger partial charge on any atom is -0.355 e. The van der Waals surface area contributed by atoms with Gasteiger partial charge in [0.2, 0.25) is 0 Å². The highest BCUT2D eigenvalue weighted by atomic mass is 28.3. The summed E-state index contributed by atoms with van der Waals surface area (Å²) < 4.78 is 7.67. The summed E-state index contributed by atoms with van der Waals surface area (Å²) in [5, 5.41) is 11.5. The van der Waals surface area contributed by atoms with Crippen LogP contribution in [0, 0.1) is 0 Å². The van der Waals surface area contributed by atoms with Crippen molar-refractivity contribution in [1.82, 2.24) is 13.4 Å². The molecule has 0 amide bonds. The second-order valence-corrected chi connectivity index (χ2v) is 18.9. The van der Waals surface area contributed by atoms with E-state index in [2.05, 4.69) is 238 Å². The van der Waals surface area contributed by atoms with Gasteiger partial charge in [0.15, 0.2) is 0 Å². The molecule has 0 saturated heterocycles. The summed E-state index contributed by atoms with van der Waals surface area (Å²) in [7, 11) is -3.24. The number of benzene rings is 9. The molecule has 3 heterocycles. The van der Waals surface area contributed by atoms with E-state index in [9.17, 15) is 0 Å². The average Bonchev–Trinajstić information content (AvgIpc) is 3.94. The van der Waals surface area contributed by atoms with Gasteiger partial charge in [-0.15, -0.1) is 0 Å². The second-order valence-electron chi connectivity index (χ2n) is 15.3. The first kappa shape index (κ1) is 32.8. The first-order valence-corrected chi connectivity index (χ1v) is 22.0. The number of nitrogens with zero attached hydrogens (tertiary/aromatic N) is 3. The number of hydrogen-bond acceptors (Lipinski definition) is 0. The maximum atomic E-state index is 2.75. The van der Waals surface area contributed by atoms with E-state index in [0.29, 0.717) is 0 Å². The van der Waals surface area contributed by atoms with E-state index < -0.39 is 8.24 Å². The quantitative estimate of drug-likeness (QED) is 0.119. The van der Waals surface area contributed by atoms with Gasteiger partial charge in [0.05, 0.1) is 22.1 Å². The van der Waals surface area contributed by atoms with Crippen molar-refractivity contribution in [2.75, 3.05) is 0 Å². The molecule has 0 aliphatic rings. The van der Waals surface area contributed by atoms with E-state index in [1.54, 1.807) is 0 Å². The summed E-state index contributed by atoms with van der Waals surface area (Å²) in [5.74, 6) is 0. The molecule has 3 aromatic heterocycles. The van der Waals surface area contributed by atoms with Crippen molar-refractivity contribution in [2.24, 2.45) is 0 Å². The molecule has 0 atom stereocenters. The molecule has 0 N–H and O–H groups in total. The summed E-state index contributed by atoms with van der Waals surface area (Å²) in [6.45, 7) is 0. The van der Waals surface area contributed by atoms with E-state index in [0.717, 1.165) is 11.4 Å². The van der Waals surface area contributed by atoms with Gasteiger partial charge < -0.3 is 13.4 Å². The van der Waals surface area contributed by atoms with Crippen molar-refractivity contribution in [3.63, 3.8) is 0 Å². The fourth-order valence-corrected chi connectivity index (χ4v) is 14.9. The van der Waals surface area contributed by atoms with Crippen molar-refractivity contribution in [2.45, 2.75) is 0 Å². The van der Waals surface area contributed by atoms with Crippen LogP contribution in [0.15, 0.2) is 224 Å². The Hall–Kier alpha value is -7.40. The highest BCUT2D eigenvalue weighted by molar-refractivity contribution is 7.11. The Morgan fingerprint density at radius 2 is 0.534 bits per heavy atom. The molecule has 58 heavy (non-hydrogen) atoms. The van der Waals surface area contributed by atoms with Crippen LogP contribution >= 0.6 is 0 Å². The van der Waals surface area contributed by atoms with Crippen molar-refractivity contribution in [3.8, 4) is 11.4 Å². The van der Waals surface area contributed by atoms with Gasteiger partial charge in [-0.05, 0) is 76.2 Å². The lowest BCUT2D eigenvalue weighted by molar-refractivity contribution is 1.18. The lowest BCUT2D eigenvalue weighted by Gasteiger charge is -2.37. The predicted molar refractivity (Wildman–Crippen MR) is 248 cm³/mol. The summed E-state index contributed by atoms with van der Waals surface area (Å²) in [6.07, 6.45) is 0. The minimum absolute atomic E-state index is 1.15. The van der Waals surface area contributed by atoms with Gasteiger partial charge in [0.1, 0.15) is 0 Å². The predicted octanol–water partition coefficient (Wildman–Crippen LogP) is 11.5. The van der Waals surface area contributed by atoms with Crippen LogP contribution in [0.2, 0.25) is 0 Å². The van der Waals surface area contributed by atoms with Crippen molar-refractivity contribution >= 4 is 89.2 Å². The zero-order valence-corrected chi connectivity index (χ0v) is 32.7. The highest BCUT2D eigenvalue weighted by Gasteiger charge is 2.45. The van der Waals surface area contributed by atoms with Gasteiger partial charge in [-0.25, -0.2) is 0 Å².